The predicted molar refractivity (Wildman–Crippen MR) is 91.0 cm³/mol. The van der Waals surface area contributed by atoms with Crippen molar-refractivity contribution in [1.29, 1.82) is 0 Å². The van der Waals surface area contributed by atoms with E-state index in [2.05, 4.69) is 10.3 Å². The van der Waals surface area contributed by atoms with Crippen LogP contribution in [0.2, 0.25) is 5.02 Å². The molecule has 0 radical (unpaired) electrons. The molecule has 8 heteroatoms. The number of carbonyl (C=O) groups excluding carboxylic acids is 1. The molecule has 2 N–H and O–H groups in total. The fraction of sp³-hybridized carbons (Fsp3) is 0.353. The van der Waals surface area contributed by atoms with Gasteiger partial charge in [0.05, 0.1) is 29.2 Å². The zero-order valence-corrected chi connectivity index (χ0v) is 14.2. The normalized spacial score (nSPS) is 18.4. The molecular formula is C17H18ClN3O4. The standard InChI is InChI=1S/C17H18ClN3O4/c18-14-4-3-12-8-13(14)16(22)20-15(17(23)24)7-11-9-21(10-19-11)5-1-2-6-25-12/h3-4,8-10,15H,1-2,5-7H2,(H,20,22)(H,23,24)/t15-/m0/s1. The number of hydrogen-bond acceptors (Lipinski definition) is 4. The summed E-state index contributed by atoms with van der Waals surface area (Å²) in [6, 6.07) is 3.69. The van der Waals surface area contributed by atoms with Crippen molar-refractivity contribution in [2.75, 3.05) is 6.61 Å². The first-order valence-electron chi connectivity index (χ1n) is 7.99. The number of carboxylic acid groups (broad SMARTS) is 1. The highest BCUT2D eigenvalue weighted by molar-refractivity contribution is 6.34. The summed E-state index contributed by atoms with van der Waals surface area (Å²) in [5, 5.41) is 12.2. The Balaban J connectivity index is 1.90. The zero-order chi connectivity index (χ0) is 17.8. The Morgan fingerprint density at radius 2 is 2.24 bits per heavy atom. The number of ether oxygens (including phenoxy) is 1. The number of fused-ring (bicyclic) bond motifs is 4. The zero-order valence-electron chi connectivity index (χ0n) is 13.4. The van der Waals surface area contributed by atoms with Crippen LogP contribution in [-0.4, -0.2) is 39.2 Å². The molecule has 7 nitrogen and oxygen atoms in total. The number of aryl methyl sites for hydroxylation is 1. The van der Waals surface area contributed by atoms with Gasteiger partial charge in [-0.25, -0.2) is 9.78 Å². The summed E-state index contributed by atoms with van der Waals surface area (Å²) in [7, 11) is 0. The van der Waals surface area contributed by atoms with Crippen LogP contribution in [-0.2, 0) is 17.8 Å². The average molecular weight is 364 g/mol. The monoisotopic (exact) mass is 363 g/mol. The van der Waals surface area contributed by atoms with E-state index in [4.69, 9.17) is 16.3 Å². The van der Waals surface area contributed by atoms with Crippen LogP contribution in [0.15, 0.2) is 30.7 Å². The van der Waals surface area contributed by atoms with Crippen LogP contribution in [0.25, 0.3) is 0 Å². The summed E-state index contributed by atoms with van der Waals surface area (Å²) in [4.78, 5) is 28.2. The summed E-state index contributed by atoms with van der Waals surface area (Å²) < 4.78 is 7.57. The van der Waals surface area contributed by atoms with E-state index in [0.717, 1.165) is 19.4 Å². The number of amides is 1. The smallest absolute Gasteiger partial charge is 0.326 e. The van der Waals surface area contributed by atoms with Crippen molar-refractivity contribution in [2.24, 2.45) is 0 Å². The Morgan fingerprint density at radius 1 is 1.40 bits per heavy atom. The number of aromatic nitrogens is 2. The molecule has 0 fully saturated rings. The van der Waals surface area contributed by atoms with Gasteiger partial charge >= 0.3 is 5.97 Å². The van der Waals surface area contributed by atoms with Gasteiger partial charge in [-0.1, -0.05) is 11.6 Å². The average Bonchev–Trinajstić information content (AvgIpc) is 3.01. The summed E-state index contributed by atoms with van der Waals surface area (Å²) in [5.41, 5.74) is 0.796. The summed E-state index contributed by atoms with van der Waals surface area (Å²) in [6.45, 7) is 1.29. The van der Waals surface area contributed by atoms with Crippen molar-refractivity contribution < 1.29 is 19.4 Å². The fourth-order valence-corrected chi connectivity index (χ4v) is 2.84. The number of carbonyl (C=O) groups is 2. The van der Waals surface area contributed by atoms with Crippen LogP contribution >= 0.6 is 11.6 Å². The first-order valence-corrected chi connectivity index (χ1v) is 8.37. The highest BCUT2D eigenvalue weighted by atomic mass is 35.5. The number of benzene rings is 1. The molecule has 2 heterocycles. The molecule has 0 aliphatic carbocycles. The van der Waals surface area contributed by atoms with Crippen LogP contribution in [0.4, 0.5) is 0 Å². The number of nitrogens with zero attached hydrogens (tertiary/aromatic N) is 2. The molecule has 4 bridgehead atoms. The third-order valence-electron chi connectivity index (χ3n) is 3.97. The lowest BCUT2D eigenvalue weighted by Crippen LogP contribution is -2.42. The molecule has 1 atom stereocenters. The summed E-state index contributed by atoms with van der Waals surface area (Å²) >= 11 is 6.09. The van der Waals surface area contributed by atoms with Crippen molar-refractivity contribution in [3.05, 3.63) is 47.0 Å². The number of imidazole rings is 1. The maximum absolute atomic E-state index is 12.5. The van der Waals surface area contributed by atoms with Gasteiger partial charge in [-0.15, -0.1) is 0 Å². The third-order valence-corrected chi connectivity index (χ3v) is 4.29. The van der Waals surface area contributed by atoms with E-state index in [1.54, 1.807) is 24.7 Å². The van der Waals surface area contributed by atoms with E-state index in [1.807, 2.05) is 4.57 Å². The molecule has 132 valence electrons. The van der Waals surface area contributed by atoms with Crippen LogP contribution in [0, 0.1) is 0 Å². The number of carboxylic acids is 1. The molecular weight excluding hydrogens is 346 g/mol. The Bertz CT molecular complexity index is 790. The van der Waals surface area contributed by atoms with Crippen LogP contribution in [0.1, 0.15) is 28.9 Å². The maximum Gasteiger partial charge on any atom is 0.326 e. The minimum absolute atomic E-state index is 0.0991. The quantitative estimate of drug-likeness (QED) is 0.809. The minimum atomic E-state index is -1.13. The minimum Gasteiger partial charge on any atom is -0.494 e. The summed E-state index contributed by atoms with van der Waals surface area (Å²) in [5.74, 6) is -1.16. The Kier molecular flexibility index (Phi) is 5.23. The number of aliphatic carboxylic acids is 1. The molecule has 2 aromatic rings. The highest BCUT2D eigenvalue weighted by Gasteiger charge is 2.23. The third kappa shape index (κ3) is 4.30. The van der Waals surface area contributed by atoms with Gasteiger partial charge in [0, 0.05) is 19.2 Å². The summed E-state index contributed by atoms with van der Waals surface area (Å²) in [6.07, 6.45) is 5.31. The first-order chi connectivity index (χ1) is 12.0. The van der Waals surface area contributed by atoms with E-state index >= 15 is 0 Å². The van der Waals surface area contributed by atoms with Gasteiger partial charge in [-0.2, -0.15) is 0 Å². The second-order valence-electron chi connectivity index (χ2n) is 5.87. The second-order valence-corrected chi connectivity index (χ2v) is 6.28. The topological polar surface area (TPSA) is 93.5 Å². The van der Waals surface area contributed by atoms with Crippen LogP contribution in [0.3, 0.4) is 0 Å². The number of hydrogen-bond donors (Lipinski definition) is 2. The lowest BCUT2D eigenvalue weighted by atomic mass is 10.1. The van der Waals surface area contributed by atoms with E-state index in [-0.39, 0.29) is 17.0 Å². The van der Waals surface area contributed by atoms with E-state index in [0.29, 0.717) is 18.1 Å². The SMILES string of the molecule is O=C1N[C@H](C(=O)O)Cc2cn(cn2)CCCCOc2ccc(Cl)c1c2. The molecule has 0 saturated carbocycles. The predicted octanol–water partition coefficient (Wildman–Crippen LogP) is 2.13. The van der Waals surface area contributed by atoms with Gasteiger partial charge in [0.1, 0.15) is 11.8 Å². The van der Waals surface area contributed by atoms with Gasteiger partial charge in [-0.05, 0) is 31.0 Å². The number of nitrogens with one attached hydrogen (secondary N) is 1. The molecule has 0 saturated heterocycles. The van der Waals surface area contributed by atoms with Crippen molar-refractivity contribution in [3.63, 3.8) is 0 Å². The molecule has 1 aromatic carbocycles. The molecule has 0 spiro atoms. The number of rotatable bonds is 1. The molecule has 1 aromatic heterocycles. The van der Waals surface area contributed by atoms with Gasteiger partial charge in [-0.3, -0.25) is 4.79 Å². The van der Waals surface area contributed by atoms with Crippen molar-refractivity contribution in [2.45, 2.75) is 31.8 Å². The fourth-order valence-electron chi connectivity index (χ4n) is 2.63. The Labute approximate surface area is 149 Å². The maximum atomic E-state index is 12.5. The largest absolute Gasteiger partial charge is 0.494 e. The van der Waals surface area contributed by atoms with Gasteiger partial charge in [0.15, 0.2) is 0 Å². The van der Waals surface area contributed by atoms with Gasteiger partial charge in [0.2, 0.25) is 0 Å². The lowest BCUT2D eigenvalue weighted by Gasteiger charge is -2.15. The van der Waals surface area contributed by atoms with Crippen molar-refractivity contribution in [1.82, 2.24) is 14.9 Å². The Morgan fingerprint density at radius 3 is 3.04 bits per heavy atom. The van der Waals surface area contributed by atoms with E-state index in [1.165, 1.54) is 6.07 Å². The number of halogens is 1. The highest BCUT2D eigenvalue weighted by Crippen LogP contribution is 2.23. The molecule has 3 rings (SSSR count). The van der Waals surface area contributed by atoms with Crippen LogP contribution < -0.4 is 10.1 Å². The molecule has 1 amide bonds. The lowest BCUT2D eigenvalue weighted by molar-refractivity contribution is -0.139. The van der Waals surface area contributed by atoms with Gasteiger partial charge in [0.25, 0.3) is 5.91 Å². The molecule has 1 aliphatic heterocycles. The van der Waals surface area contributed by atoms with Crippen LogP contribution in [0.5, 0.6) is 5.75 Å². The Hall–Kier alpha value is -2.54. The molecule has 1 aliphatic rings. The van der Waals surface area contributed by atoms with E-state index in [9.17, 15) is 14.7 Å². The van der Waals surface area contributed by atoms with Crippen molar-refractivity contribution in [3.8, 4) is 5.75 Å². The first kappa shape index (κ1) is 17.3. The van der Waals surface area contributed by atoms with E-state index < -0.39 is 17.9 Å². The van der Waals surface area contributed by atoms with Gasteiger partial charge < -0.3 is 19.7 Å². The second kappa shape index (κ2) is 7.57. The molecule has 25 heavy (non-hydrogen) atoms. The van der Waals surface area contributed by atoms with Crippen molar-refractivity contribution >= 4 is 23.5 Å². The molecule has 0 unspecified atom stereocenters.